The Labute approximate surface area is 298 Å². The zero-order valence-corrected chi connectivity index (χ0v) is 28.9. The monoisotopic (exact) mass is 731 g/mol. The van der Waals surface area contributed by atoms with Gasteiger partial charge < -0.3 is 39.5 Å². The maximum absolute atomic E-state index is 13.7. The van der Waals surface area contributed by atoms with E-state index in [1.54, 1.807) is 37.3 Å². The van der Waals surface area contributed by atoms with Crippen molar-refractivity contribution in [1.82, 2.24) is 34.7 Å². The fourth-order valence-electron chi connectivity index (χ4n) is 6.44. The molecule has 5 rings (SSSR count). The third-order valence-corrected chi connectivity index (χ3v) is 9.29. The van der Waals surface area contributed by atoms with Gasteiger partial charge in [0.05, 0.1) is 12.3 Å². The zero-order valence-electron chi connectivity index (χ0n) is 28.9. The third kappa shape index (κ3) is 9.33. The number of carboxylic acids is 1. The molecule has 0 aliphatic carbocycles. The number of halogens is 2. The number of carbonyl (C=O) groups is 6. The minimum atomic E-state index is -2.81. The van der Waals surface area contributed by atoms with Crippen LogP contribution < -0.4 is 10.1 Å². The Morgan fingerprint density at radius 3 is 2.29 bits per heavy atom. The molecule has 2 unspecified atom stereocenters. The van der Waals surface area contributed by atoms with Gasteiger partial charge >= 0.3 is 12.1 Å². The summed E-state index contributed by atoms with van der Waals surface area (Å²) >= 11 is 0. The van der Waals surface area contributed by atoms with E-state index < -0.39 is 73.7 Å². The fraction of sp³-hybridized carbons (Fsp3) is 0.559. The second-order valence-corrected chi connectivity index (χ2v) is 12.8. The highest BCUT2D eigenvalue weighted by atomic mass is 19.3. The lowest BCUT2D eigenvalue weighted by molar-refractivity contribution is -0.148. The van der Waals surface area contributed by atoms with Crippen molar-refractivity contribution in [3.63, 3.8) is 0 Å². The number of piperidine rings is 1. The molecule has 2 atom stereocenters. The summed E-state index contributed by atoms with van der Waals surface area (Å²) in [5.74, 6) is -6.16. The second kappa shape index (κ2) is 16.8. The molecule has 3 fully saturated rings. The third-order valence-electron chi connectivity index (χ3n) is 9.29. The molecule has 0 bridgehead atoms. The molecule has 2 aromatic rings. The first-order valence-corrected chi connectivity index (χ1v) is 17.3. The van der Waals surface area contributed by atoms with Gasteiger partial charge in [-0.15, -0.1) is 0 Å². The Hall–Kier alpha value is -5.29. The van der Waals surface area contributed by atoms with Crippen LogP contribution in [0.15, 0.2) is 36.4 Å². The first kappa shape index (κ1) is 38.0. The number of para-hydroxylation sites is 1. The summed E-state index contributed by atoms with van der Waals surface area (Å²) in [4.78, 5) is 82.8. The van der Waals surface area contributed by atoms with Crippen LogP contribution in [0.1, 0.15) is 55.9 Å². The Morgan fingerprint density at radius 2 is 1.63 bits per heavy atom. The van der Waals surface area contributed by atoms with Crippen LogP contribution in [0.5, 0.6) is 5.88 Å². The Balaban J connectivity index is 1.27. The molecule has 0 spiro atoms. The number of likely N-dealkylation sites (tertiary alicyclic amines) is 2. The molecule has 2 N–H and O–H groups in total. The number of aromatic nitrogens is 2. The number of rotatable bonds is 12. The molecular weight excluding hydrogens is 688 g/mol. The Morgan fingerprint density at radius 1 is 0.962 bits per heavy atom. The van der Waals surface area contributed by atoms with Gasteiger partial charge in [0.2, 0.25) is 17.7 Å². The number of carboxylic acid groups (broad SMARTS) is 1. The highest BCUT2D eigenvalue weighted by molar-refractivity contribution is 5.96. The number of ether oxygens (including phenoxy) is 2. The minimum absolute atomic E-state index is 0.00790. The van der Waals surface area contributed by atoms with E-state index in [1.807, 2.05) is 0 Å². The van der Waals surface area contributed by atoms with Crippen molar-refractivity contribution in [1.29, 1.82) is 0 Å². The molecule has 4 heterocycles. The molecule has 18 heteroatoms. The SMILES string of the molecule is CCOC(=O)N1CCN(C(=O)C(CCC(=O)O)NC(=O)c2cc(OCC(=O)N3CCCC3C(=O)N3CCC(F)(F)CC3)n(-c3ccccc3)n2)CC1. The topological polar surface area (TPSA) is 184 Å². The summed E-state index contributed by atoms with van der Waals surface area (Å²) in [5, 5.41) is 16.3. The summed E-state index contributed by atoms with van der Waals surface area (Å²) in [7, 11) is 0. The largest absolute Gasteiger partial charge is 0.481 e. The number of nitrogens with zero attached hydrogens (tertiary/aromatic N) is 6. The molecule has 5 amide bonds. The van der Waals surface area contributed by atoms with Crippen molar-refractivity contribution in [2.24, 2.45) is 0 Å². The van der Waals surface area contributed by atoms with Gasteiger partial charge in [-0.05, 0) is 38.3 Å². The van der Waals surface area contributed by atoms with Crippen LogP contribution in [-0.2, 0) is 23.9 Å². The van der Waals surface area contributed by atoms with Gasteiger partial charge in [-0.1, -0.05) is 18.2 Å². The van der Waals surface area contributed by atoms with Crippen molar-refractivity contribution in [2.75, 3.05) is 59.0 Å². The van der Waals surface area contributed by atoms with Crippen molar-refractivity contribution >= 4 is 35.7 Å². The molecule has 1 aromatic carbocycles. The van der Waals surface area contributed by atoms with E-state index in [2.05, 4.69) is 10.4 Å². The first-order chi connectivity index (χ1) is 24.9. The number of nitrogens with one attached hydrogen (secondary N) is 1. The molecule has 1 aromatic heterocycles. The molecular formula is C34H43F2N7O9. The second-order valence-electron chi connectivity index (χ2n) is 12.8. The number of hydrogen-bond acceptors (Lipinski definition) is 9. The lowest BCUT2D eigenvalue weighted by atomic mass is 10.1. The van der Waals surface area contributed by atoms with E-state index in [1.165, 1.54) is 30.3 Å². The first-order valence-electron chi connectivity index (χ1n) is 17.3. The number of aliphatic carboxylic acids is 1. The van der Waals surface area contributed by atoms with E-state index in [0.717, 1.165) is 0 Å². The lowest BCUT2D eigenvalue weighted by Gasteiger charge is -2.35. The van der Waals surface area contributed by atoms with Crippen molar-refractivity contribution in [2.45, 2.75) is 63.5 Å². The normalized spacial score (nSPS) is 19.2. The van der Waals surface area contributed by atoms with Gasteiger partial charge in [0.25, 0.3) is 17.7 Å². The van der Waals surface area contributed by atoms with Crippen LogP contribution in [-0.4, -0.2) is 147 Å². The van der Waals surface area contributed by atoms with Gasteiger partial charge in [0, 0.05) is 71.1 Å². The number of piperazine rings is 1. The lowest BCUT2D eigenvalue weighted by Crippen LogP contribution is -2.56. The predicted octanol–water partition coefficient (Wildman–Crippen LogP) is 1.76. The highest BCUT2D eigenvalue weighted by Crippen LogP contribution is 2.30. The maximum atomic E-state index is 13.7. The van der Waals surface area contributed by atoms with Crippen LogP contribution >= 0.6 is 0 Å². The molecule has 3 aliphatic rings. The summed E-state index contributed by atoms with van der Waals surface area (Å²) < 4.78 is 39.6. The number of carbonyl (C=O) groups excluding carboxylic acids is 5. The van der Waals surface area contributed by atoms with Crippen LogP contribution in [0.25, 0.3) is 5.69 Å². The zero-order chi connectivity index (χ0) is 37.4. The average Bonchev–Trinajstić information content (AvgIpc) is 3.81. The summed E-state index contributed by atoms with van der Waals surface area (Å²) in [6.07, 6.45) is -1.01. The van der Waals surface area contributed by atoms with E-state index >= 15 is 0 Å². The van der Waals surface area contributed by atoms with Crippen LogP contribution in [0.3, 0.4) is 0 Å². The van der Waals surface area contributed by atoms with Gasteiger partial charge in [-0.2, -0.15) is 5.10 Å². The van der Waals surface area contributed by atoms with E-state index in [4.69, 9.17) is 9.47 Å². The van der Waals surface area contributed by atoms with Crippen LogP contribution in [0.2, 0.25) is 0 Å². The quantitative estimate of drug-likeness (QED) is 0.326. The summed E-state index contributed by atoms with van der Waals surface area (Å²) in [6, 6.07) is 7.87. The maximum Gasteiger partial charge on any atom is 0.409 e. The number of alkyl halides is 2. The molecule has 282 valence electrons. The smallest absolute Gasteiger partial charge is 0.409 e. The minimum Gasteiger partial charge on any atom is -0.481 e. The van der Waals surface area contributed by atoms with E-state index in [-0.39, 0.29) is 76.3 Å². The van der Waals surface area contributed by atoms with Gasteiger partial charge in [-0.3, -0.25) is 24.0 Å². The predicted molar refractivity (Wildman–Crippen MR) is 178 cm³/mol. The van der Waals surface area contributed by atoms with Gasteiger partial charge in [0.1, 0.15) is 12.1 Å². The number of amides is 5. The van der Waals surface area contributed by atoms with E-state index in [0.29, 0.717) is 18.5 Å². The molecule has 0 saturated carbocycles. The van der Waals surface area contributed by atoms with Gasteiger partial charge in [-0.25, -0.2) is 18.3 Å². The highest BCUT2D eigenvalue weighted by Gasteiger charge is 2.41. The Kier molecular flexibility index (Phi) is 12.3. The van der Waals surface area contributed by atoms with Crippen molar-refractivity contribution in [3.05, 3.63) is 42.1 Å². The van der Waals surface area contributed by atoms with Crippen LogP contribution in [0.4, 0.5) is 13.6 Å². The molecule has 0 radical (unpaired) electrons. The van der Waals surface area contributed by atoms with Crippen LogP contribution in [0, 0.1) is 0 Å². The molecule has 3 saturated heterocycles. The van der Waals surface area contributed by atoms with Gasteiger partial charge in [0.15, 0.2) is 12.3 Å². The van der Waals surface area contributed by atoms with Crippen molar-refractivity contribution in [3.8, 4) is 11.6 Å². The standard InChI is InChI=1S/C34H43F2N7O9/c1-2-51-33(50)41-19-17-40(18-20-41)31(48)24(10-11-29(45)46)37-30(47)25-21-28(43(38-25)23-7-4-3-5-8-23)52-22-27(44)42-14-6-9-26(42)32(49)39-15-12-34(35,36)13-16-39/h3-5,7-8,21,24,26H,2,6,9-20,22H2,1H3,(H,37,47)(H,45,46). The summed E-state index contributed by atoms with van der Waals surface area (Å²) in [6.45, 7) is 2.21. The summed E-state index contributed by atoms with van der Waals surface area (Å²) in [5.41, 5.74) is 0.306. The number of benzene rings is 1. The molecule has 52 heavy (non-hydrogen) atoms. The fourth-order valence-corrected chi connectivity index (χ4v) is 6.44. The Bertz CT molecular complexity index is 1620. The van der Waals surface area contributed by atoms with Crippen molar-refractivity contribution < 1.29 is 52.1 Å². The average molecular weight is 732 g/mol. The molecule has 3 aliphatic heterocycles. The van der Waals surface area contributed by atoms with E-state index in [9.17, 15) is 42.7 Å². The number of hydrogen-bond donors (Lipinski definition) is 2. The molecule has 16 nitrogen and oxygen atoms in total.